The van der Waals surface area contributed by atoms with Gasteiger partial charge in [0, 0.05) is 18.8 Å². The van der Waals surface area contributed by atoms with Crippen molar-refractivity contribution in [2.24, 2.45) is 0 Å². The summed E-state index contributed by atoms with van der Waals surface area (Å²) in [4.78, 5) is 4.22. The van der Waals surface area contributed by atoms with Crippen LogP contribution in [0.25, 0.3) is 10.7 Å². The predicted octanol–water partition coefficient (Wildman–Crippen LogP) is 1.78. The fraction of sp³-hybridized carbons (Fsp3) is 0.364. The van der Waals surface area contributed by atoms with Gasteiger partial charge in [-0.2, -0.15) is 0 Å². The first-order valence-electron chi connectivity index (χ1n) is 5.42. The predicted molar refractivity (Wildman–Crippen MR) is 67.9 cm³/mol. The van der Waals surface area contributed by atoms with E-state index in [1.54, 1.807) is 6.20 Å². The molecule has 90 valence electrons. The van der Waals surface area contributed by atoms with Crippen LogP contribution in [0.5, 0.6) is 0 Å². The highest BCUT2D eigenvalue weighted by Crippen LogP contribution is 2.24. The molecule has 0 radical (unpaired) electrons. The van der Waals surface area contributed by atoms with Gasteiger partial charge in [-0.05, 0) is 25.5 Å². The van der Waals surface area contributed by atoms with E-state index in [2.05, 4.69) is 20.5 Å². The van der Waals surface area contributed by atoms with Gasteiger partial charge in [0.1, 0.15) is 5.69 Å². The van der Waals surface area contributed by atoms with Crippen LogP contribution >= 0.6 is 11.3 Å². The van der Waals surface area contributed by atoms with Gasteiger partial charge in [0.2, 0.25) is 5.13 Å². The van der Waals surface area contributed by atoms with E-state index in [9.17, 15) is 0 Å². The molecule has 0 saturated carbocycles. The largest absolute Gasteiger partial charge is 0.396 e. The van der Waals surface area contributed by atoms with Gasteiger partial charge in [-0.15, -0.1) is 10.2 Å². The number of rotatable bonds is 5. The Morgan fingerprint density at radius 3 is 3.00 bits per heavy atom. The highest BCUT2D eigenvalue weighted by molar-refractivity contribution is 7.18. The fourth-order valence-corrected chi connectivity index (χ4v) is 2.18. The SMILES string of the molecule is CC(CCO)Nc1nnc(-c2ccccn2)s1. The average molecular weight is 250 g/mol. The lowest BCUT2D eigenvalue weighted by molar-refractivity contribution is 0.282. The van der Waals surface area contributed by atoms with Crippen molar-refractivity contribution in [3.05, 3.63) is 24.4 Å². The number of hydrogen-bond donors (Lipinski definition) is 2. The Kier molecular flexibility index (Phi) is 4.00. The van der Waals surface area contributed by atoms with E-state index in [0.717, 1.165) is 15.8 Å². The summed E-state index contributed by atoms with van der Waals surface area (Å²) in [5, 5.41) is 21.7. The third-order valence-electron chi connectivity index (χ3n) is 2.24. The van der Waals surface area contributed by atoms with Crippen LogP contribution in [-0.2, 0) is 0 Å². The second-order valence-corrected chi connectivity index (χ2v) is 4.66. The molecule has 0 aliphatic rings. The van der Waals surface area contributed by atoms with Gasteiger partial charge in [0.15, 0.2) is 5.01 Å². The molecule has 0 saturated heterocycles. The van der Waals surface area contributed by atoms with Gasteiger partial charge in [0.25, 0.3) is 0 Å². The Bertz CT molecular complexity index is 460. The first kappa shape index (κ1) is 11.9. The maximum absolute atomic E-state index is 8.82. The van der Waals surface area contributed by atoms with Crippen LogP contribution in [-0.4, -0.2) is 32.9 Å². The molecule has 5 nitrogen and oxygen atoms in total. The number of aliphatic hydroxyl groups excluding tert-OH is 1. The molecule has 6 heteroatoms. The van der Waals surface area contributed by atoms with Gasteiger partial charge in [-0.25, -0.2) is 0 Å². The zero-order chi connectivity index (χ0) is 12.1. The van der Waals surface area contributed by atoms with E-state index in [4.69, 9.17) is 5.11 Å². The molecule has 2 aromatic rings. The number of aliphatic hydroxyl groups is 1. The van der Waals surface area contributed by atoms with Crippen molar-refractivity contribution in [2.45, 2.75) is 19.4 Å². The summed E-state index contributed by atoms with van der Waals surface area (Å²) in [6, 6.07) is 5.88. The summed E-state index contributed by atoms with van der Waals surface area (Å²) < 4.78 is 0. The third-order valence-corrected chi connectivity index (χ3v) is 3.12. The topological polar surface area (TPSA) is 70.9 Å². The molecule has 0 aliphatic heterocycles. The van der Waals surface area contributed by atoms with E-state index in [-0.39, 0.29) is 12.6 Å². The Morgan fingerprint density at radius 2 is 2.29 bits per heavy atom. The smallest absolute Gasteiger partial charge is 0.206 e. The molecule has 0 aromatic carbocycles. The monoisotopic (exact) mass is 250 g/mol. The van der Waals surface area contributed by atoms with Crippen molar-refractivity contribution in [2.75, 3.05) is 11.9 Å². The second-order valence-electron chi connectivity index (χ2n) is 3.69. The minimum absolute atomic E-state index is 0.167. The number of pyridine rings is 1. The van der Waals surface area contributed by atoms with Gasteiger partial charge in [-0.3, -0.25) is 4.98 Å². The van der Waals surface area contributed by atoms with E-state index >= 15 is 0 Å². The number of nitrogens with one attached hydrogen (secondary N) is 1. The first-order chi connectivity index (χ1) is 8.29. The second kappa shape index (κ2) is 5.70. The molecular formula is C11H14N4OS. The molecule has 0 fully saturated rings. The van der Waals surface area contributed by atoms with Gasteiger partial charge < -0.3 is 10.4 Å². The highest BCUT2D eigenvalue weighted by atomic mass is 32.1. The molecule has 2 aromatic heterocycles. The van der Waals surface area contributed by atoms with E-state index in [0.29, 0.717) is 6.42 Å². The van der Waals surface area contributed by atoms with Crippen LogP contribution in [0.2, 0.25) is 0 Å². The minimum Gasteiger partial charge on any atom is -0.396 e. The number of aromatic nitrogens is 3. The molecule has 0 amide bonds. The Balaban J connectivity index is 2.06. The Hall–Kier alpha value is -1.53. The molecule has 2 heterocycles. The van der Waals surface area contributed by atoms with Crippen molar-refractivity contribution in [3.8, 4) is 10.7 Å². The molecule has 0 bridgehead atoms. The van der Waals surface area contributed by atoms with Crippen LogP contribution in [0.1, 0.15) is 13.3 Å². The van der Waals surface area contributed by atoms with Gasteiger partial charge in [-0.1, -0.05) is 17.4 Å². The summed E-state index contributed by atoms with van der Waals surface area (Å²) >= 11 is 1.46. The van der Waals surface area contributed by atoms with Crippen LogP contribution < -0.4 is 5.32 Å². The summed E-state index contributed by atoms with van der Waals surface area (Å²) in [6.07, 6.45) is 2.43. The lowest BCUT2D eigenvalue weighted by Gasteiger charge is -2.09. The minimum atomic E-state index is 0.167. The van der Waals surface area contributed by atoms with Gasteiger partial charge in [0.05, 0.1) is 0 Å². The quantitative estimate of drug-likeness (QED) is 0.846. The molecule has 17 heavy (non-hydrogen) atoms. The Morgan fingerprint density at radius 1 is 1.41 bits per heavy atom. The number of nitrogens with zero attached hydrogens (tertiary/aromatic N) is 3. The van der Waals surface area contributed by atoms with Crippen LogP contribution in [0.4, 0.5) is 5.13 Å². The maximum atomic E-state index is 8.82. The van der Waals surface area contributed by atoms with Crippen LogP contribution in [0.15, 0.2) is 24.4 Å². The molecular weight excluding hydrogens is 236 g/mol. The number of anilines is 1. The summed E-state index contributed by atoms with van der Waals surface area (Å²) in [6.45, 7) is 2.16. The summed E-state index contributed by atoms with van der Waals surface area (Å²) in [7, 11) is 0. The van der Waals surface area contributed by atoms with E-state index in [1.807, 2.05) is 25.1 Å². The molecule has 2 N–H and O–H groups in total. The number of hydrogen-bond acceptors (Lipinski definition) is 6. The normalized spacial score (nSPS) is 12.4. The van der Waals surface area contributed by atoms with Crippen LogP contribution in [0.3, 0.4) is 0 Å². The fourth-order valence-electron chi connectivity index (χ4n) is 1.35. The molecule has 1 unspecified atom stereocenters. The van der Waals surface area contributed by atoms with Gasteiger partial charge >= 0.3 is 0 Å². The zero-order valence-electron chi connectivity index (χ0n) is 9.50. The molecule has 0 spiro atoms. The molecule has 1 atom stereocenters. The van der Waals surface area contributed by atoms with Crippen molar-refractivity contribution in [3.63, 3.8) is 0 Å². The van der Waals surface area contributed by atoms with Crippen molar-refractivity contribution >= 4 is 16.5 Å². The zero-order valence-corrected chi connectivity index (χ0v) is 10.3. The van der Waals surface area contributed by atoms with Crippen LogP contribution in [0, 0.1) is 0 Å². The highest BCUT2D eigenvalue weighted by Gasteiger charge is 2.09. The van der Waals surface area contributed by atoms with E-state index < -0.39 is 0 Å². The lowest BCUT2D eigenvalue weighted by atomic mass is 10.2. The lowest BCUT2D eigenvalue weighted by Crippen LogP contribution is -2.16. The van der Waals surface area contributed by atoms with Crippen molar-refractivity contribution in [1.82, 2.24) is 15.2 Å². The maximum Gasteiger partial charge on any atom is 0.206 e. The van der Waals surface area contributed by atoms with Crippen molar-refractivity contribution in [1.29, 1.82) is 0 Å². The standard InChI is InChI=1S/C11H14N4OS/c1-8(5-7-16)13-11-15-14-10(17-11)9-4-2-3-6-12-9/h2-4,6,8,16H,5,7H2,1H3,(H,13,15). The van der Waals surface area contributed by atoms with E-state index in [1.165, 1.54) is 11.3 Å². The first-order valence-corrected chi connectivity index (χ1v) is 6.23. The molecule has 2 rings (SSSR count). The average Bonchev–Trinajstić information content (AvgIpc) is 2.79. The third kappa shape index (κ3) is 3.21. The summed E-state index contributed by atoms with van der Waals surface area (Å²) in [5.74, 6) is 0. The van der Waals surface area contributed by atoms with Crippen molar-refractivity contribution < 1.29 is 5.11 Å². The Labute approximate surface area is 104 Å². The molecule has 0 aliphatic carbocycles. The summed E-state index contributed by atoms with van der Waals surface area (Å²) in [5.41, 5.74) is 0.827.